The lowest BCUT2D eigenvalue weighted by Crippen LogP contribution is -2.25. The number of aromatic nitrogens is 3. The highest BCUT2D eigenvalue weighted by molar-refractivity contribution is 5.96. The van der Waals surface area contributed by atoms with E-state index in [1.165, 1.54) is 50.1 Å². The molecule has 2 heterocycles. The van der Waals surface area contributed by atoms with Gasteiger partial charge >= 0.3 is 0 Å². The van der Waals surface area contributed by atoms with E-state index in [1.807, 2.05) is 30.5 Å². The molecule has 0 bridgehead atoms. The molecule has 256 valence electrons. The van der Waals surface area contributed by atoms with Gasteiger partial charge in [-0.15, -0.1) is 0 Å². The molecule has 7 aromatic carbocycles. The van der Waals surface area contributed by atoms with Gasteiger partial charge in [-0.25, -0.2) is 9.97 Å². The van der Waals surface area contributed by atoms with Gasteiger partial charge in [0.15, 0.2) is 5.82 Å². The van der Waals surface area contributed by atoms with Crippen molar-refractivity contribution in [3.8, 4) is 78.5 Å². The van der Waals surface area contributed by atoms with Crippen LogP contribution in [0.4, 0.5) is 0 Å². The largest absolute Gasteiger partial charge is 0.256 e. The fraction of sp³-hybridized carbons (Fsp3) is 0.0192. The summed E-state index contributed by atoms with van der Waals surface area (Å²) in [6, 6.07) is 69.5. The summed E-state index contributed by atoms with van der Waals surface area (Å²) >= 11 is 0. The maximum absolute atomic E-state index is 5.32. The van der Waals surface area contributed by atoms with Crippen LogP contribution in [0.5, 0.6) is 0 Å². The number of benzene rings is 7. The van der Waals surface area contributed by atoms with Crippen molar-refractivity contribution in [2.75, 3.05) is 0 Å². The Morgan fingerprint density at radius 2 is 0.745 bits per heavy atom. The summed E-state index contributed by atoms with van der Waals surface area (Å²) in [4.78, 5) is 15.1. The van der Waals surface area contributed by atoms with E-state index < -0.39 is 5.41 Å². The van der Waals surface area contributed by atoms with Crippen molar-refractivity contribution >= 4 is 0 Å². The summed E-state index contributed by atoms with van der Waals surface area (Å²) in [6.07, 6.45) is 1.83. The van der Waals surface area contributed by atoms with Crippen molar-refractivity contribution in [2.24, 2.45) is 0 Å². The molecule has 11 rings (SSSR count). The van der Waals surface area contributed by atoms with E-state index in [0.717, 1.165) is 44.9 Å². The summed E-state index contributed by atoms with van der Waals surface area (Å²) < 4.78 is 0. The Morgan fingerprint density at radius 3 is 1.35 bits per heavy atom. The number of rotatable bonds is 5. The zero-order valence-electron chi connectivity index (χ0n) is 29.9. The van der Waals surface area contributed by atoms with Crippen LogP contribution < -0.4 is 0 Å². The quantitative estimate of drug-likeness (QED) is 0.179. The second-order valence-electron chi connectivity index (χ2n) is 14.3. The molecule has 3 heteroatoms. The second-order valence-corrected chi connectivity index (χ2v) is 14.3. The molecule has 1 spiro atoms. The summed E-state index contributed by atoms with van der Waals surface area (Å²) in [6.45, 7) is 0. The van der Waals surface area contributed by atoms with Gasteiger partial charge in [-0.1, -0.05) is 170 Å². The monoisotopic (exact) mass is 699 g/mol. The molecule has 0 fully saturated rings. The van der Waals surface area contributed by atoms with Gasteiger partial charge in [0.25, 0.3) is 0 Å². The molecular weight excluding hydrogens is 667 g/mol. The average molecular weight is 700 g/mol. The number of hydrogen-bond acceptors (Lipinski definition) is 3. The number of pyridine rings is 1. The Hall–Kier alpha value is -7.23. The van der Waals surface area contributed by atoms with Gasteiger partial charge in [0.1, 0.15) is 0 Å². The molecule has 0 saturated carbocycles. The van der Waals surface area contributed by atoms with E-state index in [2.05, 4.69) is 175 Å². The van der Waals surface area contributed by atoms with Crippen LogP contribution in [0.15, 0.2) is 200 Å². The maximum atomic E-state index is 5.32. The van der Waals surface area contributed by atoms with Crippen molar-refractivity contribution in [2.45, 2.75) is 5.41 Å². The molecule has 2 aromatic heterocycles. The highest BCUT2D eigenvalue weighted by Gasteiger charge is 2.51. The number of nitrogens with zero attached hydrogens (tertiary/aromatic N) is 3. The lowest BCUT2D eigenvalue weighted by atomic mass is 9.70. The zero-order valence-corrected chi connectivity index (χ0v) is 29.9. The van der Waals surface area contributed by atoms with Crippen LogP contribution in [0.3, 0.4) is 0 Å². The third-order valence-electron chi connectivity index (χ3n) is 11.4. The van der Waals surface area contributed by atoms with Crippen LogP contribution >= 0.6 is 0 Å². The molecule has 9 aromatic rings. The molecule has 0 N–H and O–H groups in total. The van der Waals surface area contributed by atoms with Crippen molar-refractivity contribution in [3.63, 3.8) is 0 Å². The summed E-state index contributed by atoms with van der Waals surface area (Å²) in [7, 11) is 0. The van der Waals surface area contributed by atoms with Crippen LogP contribution in [-0.2, 0) is 5.41 Å². The lowest BCUT2D eigenvalue weighted by molar-refractivity contribution is 0.794. The Bertz CT molecular complexity index is 2730. The van der Waals surface area contributed by atoms with E-state index in [4.69, 9.17) is 9.97 Å². The predicted octanol–water partition coefficient (Wildman–Crippen LogP) is 12.6. The molecule has 0 atom stereocenters. The van der Waals surface area contributed by atoms with Gasteiger partial charge in [0.2, 0.25) is 0 Å². The van der Waals surface area contributed by atoms with Gasteiger partial charge in [0, 0.05) is 28.5 Å². The highest BCUT2D eigenvalue weighted by atomic mass is 14.9. The minimum atomic E-state index is -0.428. The van der Waals surface area contributed by atoms with Gasteiger partial charge in [-0.05, 0) is 79.9 Å². The fourth-order valence-corrected chi connectivity index (χ4v) is 8.91. The van der Waals surface area contributed by atoms with Crippen molar-refractivity contribution in [1.29, 1.82) is 0 Å². The summed E-state index contributed by atoms with van der Waals surface area (Å²) in [5.41, 5.74) is 19.1. The third kappa shape index (κ3) is 4.87. The molecule has 0 aliphatic heterocycles. The molecule has 0 radical (unpaired) electrons. The lowest BCUT2D eigenvalue weighted by Gasteiger charge is -2.30. The number of hydrogen-bond donors (Lipinski definition) is 0. The summed E-state index contributed by atoms with van der Waals surface area (Å²) in [5.74, 6) is 0.691. The van der Waals surface area contributed by atoms with Crippen LogP contribution in [0.1, 0.15) is 22.3 Å². The molecule has 0 saturated heterocycles. The first kappa shape index (κ1) is 31.3. The topological polar surface area (TPSA) is 38.7 Å². The Balaban J connectivity index is 1.10. The Morgan fingerprint density at radius 1 is 0.291 bits per heavy atom. The Labute approximate surface area is 320 Å². The summed E-state index contributed by atoms with van der Waals surface area (Å²) in [5, 5.41) is 0. The SMILES string of the molecule is c1ccc(-c2ccc(-c3nc(-c4ccc(-c5ccccn5)cc4)cc(-c4ccc5c(c4)C4(c6ccccc6-c6ccccc64)c4ccccc4-5)n3)cc2)cc1. The minimum absolute atomic E-state index is 0.428. The molecule has 0 unspecified atom stereocenters. The van der Waals surface area contributed by atoms with Crippen molar-refractivity contribution in [3.05, 3.63) is 223 Å². The predicted molar refractivity (Wildman–Crippen MR) is 223 cm³/mol. The van der Waals surface area contributed by atoms with Crippen LogP contribution in [-0.4, -0.2) is 15.0 Å². The van der Waals surface area contributed by atoms with E-state index in [1.54, 1.807) is 0 Å². The van der Waals surface area contributed by atoms with Gasteiger partial charge in [0.05, 0.1) is 22.5 Å². The second kappa shape index (κ2) is 12.4. The molecule has 3 nitrogen and oxygen atoms in total. The van der Waals surface area contributed by atoms with Crippen molar-refractivity contribution < 1.29 is 0 Å². The van der Waals surface area contributed by atoms with Crippen LogP contribution in [0.25, 0.3) is 78.5 Å². The first-order chi connectivity index (χ1) is 27.3. The average Bonchev–Trinajstić information content (AvgIpc) is 3.74. The maximum Gasteiger partial charge on any atom is 0.160 e. The van der Waals surface area contributed by atoms with Crippen LogP contribution in [0, 0.1) is 0 Å². The van der Waals surface area contributed by atoms with E-state index in [9.17, 15) is 0 Å². The molecule has 55 heavy (non-hydrogen) atoms. The van der Waals surface area contributed by atoms with Gasteiger partial charge in [-0.3, -0.25) is 4.98 Å². The fourth-order valence-electron chi connectivity index (χ4n) is 8.91. The number of fused-ring (bicyclic) bond motifs is 10. The first-order valence-corrected chi connectivity index (χ1v) is 18.8. The molecule has 2 aliphatic rings. The van der Waals surface area contributed by atoms with E-state index >= 15 is 0 Å². The normalized spacial score (nSPS) is 12.9. The van der Waals surface area contributed by atoms with Gasteiger partial charge in [-0.2, -0.15) is 0 Å². The molecule has 2 aliphatic carbocycles. The highest BCUT2D eigenvalue weighted by Crippen LogP contribution is 2.63. The smallest absolute Gasteiger partial charge is 0.160 e. The zero-order chi connectivity index (χ0) is 36.3. The molecular formula is C52H33N3. The first-order valence-electron chi connectivity index (χ1n) is 18.8. The van der Waals surface area contributed by atoms with E-state index in [-0.39, 0.29) is 0 Å². The van der Waals surface area contributed by atoms with Gasteiger partial charge < -0.3 is 0 Å². The van der Waals surface area contributed by atoms with E-state index in [0.29, 0.717) is 5.82 Å². The minimum Gasteiger partial charge on any atom is -0.256 e. The Kier molecular flexibility index (Phi) is 7.08. The standard InChI is InChI=1S/C52H33N3/c1-2-12-34(13-3-1)35-21-27-38(28-22-35)51-54-49(37-25-23-36(24-26-37)48-20-10-11-31-53-48)33-50(55-51)39-29-30-43-42-16-6-9-19-46(42)52(47(43)32-39)44-17-7-4-14-40(44)41-15-5-8-18-45(41)52/h1-33H. The van der Waals surface area contributed by atoms with Crippen LogP contribution in [0.2, 0.25) is 0 Å². The third-order valence-corrected chi connectivity index (χ3v) is 11.4. The van der Waals surface area contributed by atoms with Crippen molar-refractivity contribution in [1.82, 2.24) is 15.0 Å². The molecule has 0 amide bonds.